The van der Waals surface area contributed by atoms with E-state index in [9.17, 15) is 27.5 Å². The van der Waals surface area contributed by atoms with Gasteiger partial charge in [-0.2, -0.15) is 4.72 Å². The molecule has 0 saturated heterocycles. The minimum absolute atomic E-state index is 0.0878. The normalized spacial score (nSPS) is 15.7. The molecule has 2 aromatic carbocycles. The number of hydrogen-bond donors (Lipinski definition) is 4. The second kappa shape index (κ2) is 7.93. The summed E-state index contributed by atoms with van der Waals surface area (Å²) in [6, 6.07) is 6.64. The first-order valence-electron chi connectivity index (χ1n) is 8.18. The molecule has 2 aromatic rings. The van der Waals surface area contributed by atoms with Crippen LogP contribution in [0.4, 0.5) is 15.8 Å². The van der Waals surface area contributed by atoms with Gasteiger partial charge in [0.25, 0.3) is 0 Å². The highest BCUT2D eigenvalue weighted by Crippen LogP contribution is 2.38. The van der Waals surface area contributed by atoms with Gasteiger partial charge in [0.05, 0.1) is 10.9 Å². The van der Waals surface area contributed by atoms with Gasteiger partial charge in [0.15, 0.2) is 0 Å². The van der Waals surface area contributed by atoms with Crippen molar-refractivity contribution in [2.45, 2.75) is 17.9 Å². The number of carboxylic acid groups (broad SMARTS) is 1. The van der Waals surface area contributed by atoms with Crippen molar-refractivity contribution in [3.05, 3.63) is 64.0 Å². The number of nitrogens with one attached hydrogen (secondary N) is 3. The Morgan fingerprint density at radius 1 is 1.21 bits per heavy atom. The summed E-state index contributed by atoms with van der Waals surface area (Å²) in [7, 11) is -4.07. The number of carboxylic acids is 1. The van der Waals surface area contributed by atoms with E-state index in [1.165, 1.54) is 37.3 Å². The number of hydrogen-bond acceptors (Lipinski definition) is 5. The molecule has 3 rings (SSSR count). The molecule has 1 atom stereocenters. The van der Waals surface area contributed by atoms with Crippen LogP contribution in [0.3, 0.4) is 0 Å². The number of halogens is 2. The molecule has 11 heteroatoms. The second-order valence-electron chi connectivity index (χ2n) is 6.16. The zero-order valence-electron chi connectivity index (χ0n) is 14.9. The van der Waals surface area contributed by atoms with Crippen molar-refractivity contribution >= 4 is 49.2 Å². The quantitative estimate of drug-likeness (QED) is 0.518. The summed E-state index contributed by atoms with van der Waals surface area (Å²) < 4.78 is 42.1. The van der Waals surface area contributed by atoms with Crippen LogP contribution in [0.1, 0.15) is 18.5 Å². The summed E-state index contributed by atoms with van der Waals surface area (Å²) in [5, 5.41) is 14.4. The maximum absolute atomic E-state index is 13.7. The first-order valence-corrected chi connectivity index (χ1v) is 10.5. The van der Waals surface area contributed by atoms with Crippen LogP contribution in [0.25, 0.3) is 0 Å². The van der Waals surface area contributed by atoms with Gasteiger partial charge in [-0.25, -0.2) is 17.6 Å². The van der Waals surface area contributed by atoms with Gasteiger partial charge in [0, 0.05) is 28.3 Å². The van der Waals surface area contributed by atoms with Gasteiger partial charge < -0.3 is 15.7 Å². The average molecular weight is 484 g/mol. The maximum Gasteiger partial charge on any atom is 0.352 e. The predicted octanol–water partition coefficient (Wildman–Crippen LogP) is 2.96. The second-order valence-corrected chi connectivity index (χ2v) is 8.73. The number of amides is 1. The van der Waals surface area contributed by atoms with Crippen molar-refractivity contribution in [1.29, 1.82) is 0 Å². The van der Waals surface area contributed by atoms with Crippen molar-refractivity contribution in [1.82, 2.24) is 4.72 Å². The summed E-state index contributed by atoms with van der Waals surface area (Å²) in [5.74, 6) is -2.24. The molecule has 0 bridgehead atoms. The van der Waals surface area contributed by atoms with Crippen LogP contribution < -0.4 is 15.4 Å². The molecule has 0 radical (unpaired) electrons. The van der Waals surface area contributed by atoms with E-state index in [0.29, 0.717) is 11.3 Å². The minimum Gasteiger partial charge on any atom is -0.477 e. The van der Waals surface area contributed by atoms with E-state index >= 15 is 0 Å². The molecule has 0 saturated carbocycles. The summed E-state index contributed by atoms with van der Waals surface area (Å²) in [6.07, 6.45) is 1.19. The maximum atomic E-state index is 13.7. The van der Waals surface area contributed by atoms with Crippen molar-refractivity contribution < 1.29 is 27.5 Å². The van der Waals surface area contributed by atoms with E-state index in [1.54, 1.807) is 0 Å². The third-order valence-corrected chi connectivity index (χ3v) is 6.12. The van der Waals surface area contributed by atoms with E-state index in [4.69, 9.17) is 0 Å². The fraction of sp³-hybridized carbons (Fsp3) is 0.111. The zero-order valence-corrected chi connectivity index (χ0v) is 17.3. The third-order valence-electron chi connectivity index (χ3n) is 4.01. The fourth-order valence-corrected chi connectivity index (χ4v) is 4.64. The minimum atomic E-state index is -4.07. The molecule has 29 heavy (non-hydrogen) atoms. The van der Waals surface area contributed by atoms with Gasteiger partial charge in [-0.15, -0.1) is 0 Å². The molecule has 1 amide bonds. The Hall–Kier alpha value is -2.76. The topological polar surface area (TPSA) is 125 Å². The molecular weight excluding hydrogens is 469 g/mol. The molecule has 4 N–H and O–H groups in total. The Balaban J connectivity index is 1.97. The number of benzene rings is 2. The molecule has 8 nitrogen and oxygen atoms in total. The lowest BCUT2D eigenvalue weighted by molar-refractivity contribution is -0.132. The Bertz CT molecular complexity index is 1130. The molecule has 1 aliphatic heterocycles. The van der Waals surface area contributed by atoms with Gasteiger partial charge in [-0.1, -0.05) is 15.9 Å². The zero-order chi connectivity index (χ0) is 21.3. The van der Waals surface area contributed by atoms with Gasteiger partial charge in [0.2, 0.25) is 15.9 Å². The van der Waals surface area contributed by atoms with Crippen molar-refractivity contribution in [3.8, 4) is 0 Å². The molecule has 0 fully saturated rings. The summed E-state index contributed by atoms with van der Waals surface area (Å²) >= 11 is 3.19. The number of fused-ring (bicyclic) bond motifs is 1. The highest BCUT2D eigenvalue weighted by Gasteiger charge is 2.29. The van der Waals surface area contributed by atoms with Crippen molar-refractivity contribution in [2.75, 3.05) is 10.6 Å². The number of sulfonamides is 1. The van der Waals surface area contributed by atoms with Crippen LogP contribution in [0.5, 0.6) is 0 Å². The lowest BCUT2D eigenvalue weighted by Gasteiger charge is -2.26. The van der Waals surface area contributed by atoms with Gasteiger partial charge in [-0.05, 0) is 42.5 Å². The lowest BCUT2D eigenvalue weighted by atomic mass is 10.0. The fourth-order valence-electron chi connectivity index (χ4n) is 2.81. The smallest absolute Gasteiger partial charge is 0.352 e. The molecule has 1 heterocycles. The molecule has 0 aliphatic carbocycles. The van der Waals surface area contributed by atoms with Crippen LogP contribution in [0.15, 0.2) is 57.5 Å². The van der Waals surface area contributed by atoms with Crippen LogP contribution >= 0.6 is 15.9 Å². The summed E-state index contributed by atoms with van der Waals surface area (Å²) in [5.41, 5.74) is 0.610. The first kappa shape index (κ1) is 21.0. The van der Waals surface area contributed by atoms with Crippen molar-refractivity contribution in [3.63, 3.8) is 0 Å². The Morgan fingerprint density at radius 2 is 1.86 bits per heavy atom. The van der Waals surface area contributed by atoms with E-state index in [2.05, 4.69) is 31.3 Å². The Morgan fingerprint density at radius 3 is 2.45 bits per heavy atom. The molecule has 0 spiro atoms. The Kier molecular flexibility index (Phi) is 5.73. The number of carbonyl (C=O) groups excluding carboxylic acids is 1. The molecule has 1 unspecified atom stereocenters. The van der Waals surface area contributed by atoms with E-state index in [1.807, 2.05) is 0 Å². The largest absolute Gasteiger partial charge is 0.477 e. The van der Waals surface area contributed by atoms with Gasteiger partial charge >= 0.3 is 5.97 Å². The number of carbonyl (C=O) groups is 2. The lowest BCUT2D eigenvalue weighted by Crippen LogP contribution is -2.32. The predicted molar refractivity (Wildman–Crippen MR) is 107 cm³/mol. The first-order chi connectivity index (χ1) is 13.6. The van der Waals surface area contributed by atoms with Crippen LogP contribution in [0, 0.1) is 5.82 Å². The molecule has 152 valence electrons. The summed E-state index contributed by atoms with van der Waals surface area (Å²) in [6.45, 7) is 1.33. The molecule has 1 aliphatic rings. The highest BCUT2D eigenvalue weighted by atomic mass is 79.9. The highest BCUT2D eigenvalue weighted by molar-refractivity contribution is 9.10. The molecule has 0 aromatic heterocycles. The molecular formula is C18H15BrFN3O5S. The third kappa shape index (κ3) is 4.63. The average Bonchev–Trinajstić information content (AvgIpc) is 2.60. The van der Waals surface area contributed by atoms with Crippen LogP contribution in [-0.4, -0.2) is 25.4 Å². The van der Waals surface area contributed by atoms with E-state index in [-0.39, 0.29) is 26.7 Å². The summed E-state index contributed by atoms with van der Waals surface area (Å²) in [4.78, 5) is 22.4. The number of rotatable bonds is 5. The van der Waals surface area contributed by atoms with Crippen LogP contribution in [-0.2, 0) is 19.6 Å². The monoisotopic (exact) mass is 483 g/mol. The van der Waals surface area contributed by atoms with Gasteiger partial charge in [-0.3, -0.25) is 4.79 Å². The van der Waals surface area contributed by atoms with Crippen molar-refractivity contribution in [2.24, 2.45) is 0 Å². The number of aliphatic carboxylic acids is 1. The Labute approximate surface area is 174 Å². The van der Waals surface area contributed by atoms with E-state index < -0.39 is 27.9 Å². The van der Waals surface area contributed by atoms with Crippen LogP contribution in [0.2, 0.25) is 0 Å². The standard InChI is InChI=1S/C18H15BrFN3O5S/c1-9(24)21-11-2-4-12(5-3-11)29(27,28)23-15-8-16(18(25)26)22-14-7-10(20)6-13(19)17(14)15/h2-8,15,22-23H,1H3,(H,21,24)(H,25,26). The SMILES string of the molecule is CC(=O)Nc1ccc(S(=O)(=O)NC2C=C(C(=O)O)Nc3cc(F)cc(Br)c32)cc1. The van der Waals surface area contributed by atoms with E-state index in [0.717, 1.165) is 12.1 Å². The van der Waals surface area contributed by atoms with Gasteiger partial charge in [0.1, 0.15) is 11.5 Å². The number of anilines is 2.